The van der Waals surface area contributed by atoms with Gasteiger partial charge in [0, 0.05) is 18.7 Å². The molecule has 0 spiro atoms. The Morgan fingerprint density at radius 3 is 2.33 bits per heavy atom. The fourth-order valence-electron chi connectivity index (χ4n) is 2.69. The summed E-state index contributed by atoms with van der Waals surface area (Å²) in [5.74, 6) is 0.812. The van der Waals surface area contributed by atoms with E-state index in [1.165, 1.54) is 6.42 Å². The molecular formula is C16H22N2O2S. The molecule has 0 atom stereocenters. The van der Waals surface area contributed by atoms with Gasteiger partial charge in [0.2, 0.25) is 0 Å². The zero-order valence-corrected chi connectivity index (χ0v) is 13.5. The SMILES string of the molecule is Cc1cc(C(N)=S)cc(C)c1OCC(=O)N1CCCCC1. The zero-order chi connectivity index (χ0) is 15.4. The first-order chi connectivity index (χ1) is 9.99. The van der Waals surface area contributed by atoms with E-state index in [2.05, 4.69) is 0 Å². The molecule has 1 amide bonds. The Bertz CT molecular complexity index is 528. The average molecular weight is 306 g/mol. The number of hydrogen-bond acceptors (Lipinski definition) is 3. The van der Waals surface area contributed by atoms with Gasteiger partial charge >= 0.3 is 0 Å². The summed E-state index contributed by atoms with van der Waals surface area (Å²) in [6, 6.07) is 3.80. The molecule has 1 aromatic rings. The predicted octanol–water partition coefficient (Wildman–Crippen LogP) is 2.33. The molecule has 5 heteroatoms. The number of hydrogen-bond donors (Lipinski definition) is 1. The molecule has 1 fully saturated rings. The summed E-state index contributed by atoms with van der Waals surface area (Å²) in [7, 11) is 0. The van der Waals surface area contributed by atoms with Crippen LogP contribution in [0.15, 0.2) is 12.1 Å². The van der Waals surface area contributed by atoms with E-state index >= 15 is 0 Å². The van der Waals surface area contributed by atoms with Crippen LogP contribution >= 0.6 is 12.2 Å². The number of piperidine rings is 1. The van der Waals surface area contributed by atoms with E-state index < -0.39 is 0 Å². The van der Waals surface area contributed by atoms with E-state index in [1.54, 1.807) is 0 Å². The smallest absolute Gasteiger partial charge is 0.260 e. The number of likely N-dealkylation sites (tertiary alicyclic amines) is 1. The molecule has 0 unspecified atom stereocenters. The molecule has 0 aromatic heterocycles. The van der Waals surface area contributed by atoms with Gasteiger partial charge in [0.1, 0.15) is 10.7 Å². The highest BCUT2D eigenvalue weighted by Crippen LogP contribution is 2.25. The number of carbonyl (C=O) groups excluding carboxylic acids is 1. The number of benzene rings is 1. The van der Waals surface area contributed by atoms with Crippen LogP contribution < -0.4 is 10.5 Å². The fourth-order valence-corrected chi connectivity index (χ4v) is 2.81. The second kappa shape index (κ2) is 6.89. The lowest BCUT2D eigenvalue weighted by Crippen LogP contribution is -2.38. The third kappa shape index (κ3) is 3.94. The molecule has 0 radical (unpaired) electrons. The van der Waals surface area contributed by atoms with Crippen molar-refractivity contribution in [1.29, 1.82) is 0 Å². The van der Waals surface area contributed by atoms with Crippen molar-refractivity contribution in [1.82, 2.24) is 4.90 Å². The number of carbonyl (C=O) groups is 1. The second-order valence-corrected chi connectivity index (χ2v) is 5.97. The van der Waals surface area contributed by atoms with Crippen molar-refractivity contribution in [3.05, 3.63) is 28.8 Å². The summed E-state index contributed by atoms with van der Waals surface area (Å²) in [4.78, 5) is 14.4. The summed E-state index contributed by atoms with van der Waals surface area (Å²) in [6.07, 6.45) is 3.39. The Labute approximate surface area is 131 Å². The Balaban J connectivity index is 2.02. The Morgan fingerprint density at radius 2 is 1.81 bits per heavy atom. The van der Waals surface area contributed by atoms with Crippen molar-refractivity contribution in [3.8, 4) is 5.75 Å². The quantitative estimate of drug-likeness (QED) is 0.868. The van der Waals surface area contributed by atoms with Crippen LogP contribution in [-0.4, -0.2) is 35.5 Å². The van der Waals surface area contributed by atoms with Crippen LogP contribution in [0.1, 0.15) is 36.0 Å². The van der Waals surface area contributed by atoms with E-state index in [4.69, 9.17) is 22.7 Å². The van der Waals surface area contributed by atoms with E-state index in [1.807, 2.05) is 30.9 Å². The van der Waals surface area contributed by atoms with Crippen molar-refractivity contribution in [2.45, 2.75) is 33.1 Å². The lowest BCUT2D eigenvalue weighted by atomic mass is 10.1. The first-order valence-corrected chi connectivity index (χ1v) is 7.71. The number of amides is 1. The number of nitrogens with two attached hydrogens (primary N) is 1. The molecule has 2 N–H and O–H groups in total. The molecule has 114 valence electrons. The predicted molar refractivity (Wildman–Crippen MR) is 87.7 cm³/mol. The van der Waals surface area contributed by atoms with Crippen molar-refractivity contribution in [2.75, 3.05) is 19.7 Å². The van der Waals surface area contributed by atoms with Crippen LogP contribution in [0.3, 0.4) is 0 Å². The molecule has 1 saturated heterocycles. The standard InChI is InChI=1S/C16H22N2O2S/c1-11-8-13(16(17)21)9-12(2)15(11)20-10-14(19)18-6-4-3-5-7-18/h8-9H,3-7,10H2,1-2H3,(H2,17,21). The summed E-state index contributed by atoms with van der Waals surface area (Å²) < 4.78 is 5.74. The molecule has 21 heavy (non-hydrogen) atoms. The lowest BCUT2D eigenvalue weighted by Gasteiger charge is -2.26. The van der Waals surface area contributed by atoms with Gasteiger partial charge in [-0.15, -0.1) is 0 Å². The van der Waals surface area contributed by atoms with Crippen molar-refractivity contribution < 1.29 is 9.53 Å². The molecule has 0 saturated carbocycles. The summed E-state index contributed by atoms with van der Waals surface area (Å²) >= 11 is 4.99. The van der Waals surface area contributed by atoms with Crippen molar-refractivity contribution in [2.24, 2.45) is 5.73 Å². The van der Waals surface area contributed by atoms with Crippen LogP contribution in [0.4, 0.5) is 0 Å². The number of aryl methyl sites for hydroxylation is 2. The van der Waals surface area contributed by atoms with E-state index in [-0.39, 0.29) is 12.5 Å². The van der Waals surface area contributed by atoms with Gasteiger partial charge in [-0.25, -0.2) is 0 Å². The Hall–Kier alpha value is -1.62. The average Bonchev–Trinajstić information content (AvgIpc) is 2.46. The number of ether oxygens (including phenoxy) is 1. The second-order valence-electron chi connectivity index (χ2n) is 5.53. The summed E-state index contributed by atoms with van der Waals surface area (Å²) in [5, 5.41) is 0. The van der Waals surface area contributed by atoms with Gasteiger partial charge in [-0.1, -0.05) is 12.2 Å². The van der Waals surface area contributed by atoms with Crippen LogP contribution in [0.5, 0.6) is 5.75 Å². The van der Waals surface area contributed by atoms with Crippen LogP contribution in [0.2, 0.25) is 0 Å². The minimum atomic E-state index is 0.0620. The molecule has 1 aliphatic rings. The third-order valence-corrected chi connectivity index (χ3v) is 4.03. The first kappa shape index (κ1) is 15.8. The maximum Gasteiger partial charge on any atom is 0.260 e. The molecule has 0 aliphatic carbocycles. The van der Waals surface area contributed by atoms with Gasteiger partial charge in [0.05, 0.1) is 0 Å². The van der Waals surface area contributed by atoms with Gasteiger partial charge in [-0.05, 0) is 56.4 Å². The topological polar surface area (TPSA) is 55.6 Å². The molecule has 0 bridgehead atoms. The molecule has 2 rings (SSSR count). The monoisotopic (exact) mass is 306 g/mol. The van der Waals surface area contributed by atoms with Crippen molar-refractivity contribution in [3.63, 3.8) is 0 Å². The zero-order valence-electron chi connectivity index (χ0n) is 12.6. The highest BCUT2D eigenvalue weighted by atomic mass is 32.1. The van der Waals surface area contributed by atoms with Gasteiger partial charge < -0.3 is 15.4 Å². The normalized spacial score (nSPS) is 14.9. The first-order valence-electron chi connectivity index (χ1n) is 7.30. The lowest BCUT2D eigenvalue weighted by molar-refractivity contribution is -0.134. The Kier molecular flexibility index (Phi) is 5.17. The van der Waals surface area contributed by atoms with Crippen molar-refractivity contribution >= 4 is 23.1 Å². The maximum absolute atomic E-state index is 12.1. The number of nitrogens with zero attached hydrogens (tertiary/aromatic N) is 1. The third-order valence-electron chi connectivity index (χ3n) is 3.79. The molecule has 4 nitrogen and oxygen atoms in total. The highest BCUT2D eigenvalue weighted by Gasteiger charge is 2.17. The van der Waals surface area contributed by atoms with Crippen LogP contribution in [0.25, 0.3) is 0 Å². The molecular weight excluding hydrogens is 284 g/mol. The summed E-state index contributed by atoms with van der Waals surface area (Å²) in [6.45, 7) is 5.67. The van der Waals surface area contributed by atoms with E-state index in [0.717, 1.165) is 48.4 Å². The van der Waals surface area contributed by atoms with E-state index in [9.17, 15) is 4.79 Å². The molecule has 1 heterocycles. The maximum atomic E-state index is 12.1. The fraction of sp³-hybridized carbons (Fsp3) is 0.500. The van der Waals surface area contributed by atoms with Crippen LogP contribution in [0, 0.1) is 13.8 Å². The molecule has 1 aromatic carbocycles. The minimum absolute atomic E-state index is 0.0620. The summed E-state index contributed by atoms with van der Waals surface area (Å²) in [5.41, 5.74) is 8.38. The molecule has 1 aliphatic heterocycles. The van der Waals surface area contributed by atoms with Crippen LogP contribution in [-0.2, 0) is 4.79 Å². The van der Waals surface area contributed by atoms with Gasteiger partial charge in [0.15, 0.2) is 6.61 Å². The van der Waals surface area contributed by atoms with Gasteiger partial charge in [-0.3, -0.25) is 4.79 Å². The highest BCUT2D eigenvalue weighted by molar-refractivity contribution is 7.80. The Morgan fingerprint density at radius 1 is 1.24 bits per heavy atom. The number of thiocarbonyl (C=S) groups is 1. The number of rotatable bonds is 4. The largest absolute Gasteiger partial charge is 0.483 e. The van der Waals surface area contributed by atoms with E-state index in [0.29, 0.717) is 4.99 Å². The van der Waals surface area contributed by atoms with Gasteiger partial charge in [0.25, 0.3) is 5.91 Å². The van der Waals surface area contributed by atoms with Gasteiger partial charge in [-0.2, -0.15) is 0 Å². The minimum Gasteiger partial charge on any atom is -0.483 e.